The van der Waals surface area contributed by atoms with Crippen molar-refractivity contribution in [1.82, 2.24) is 20.1 Å². The van der Waals surface area contributed by atoms with E-state index < -0.39 is 0 Å². The standard InChI is InChI=1S/C22H34N4O2S/c1-6-25(7-2)10-11-26(22(29)23-14-16(3)4)15-18-12-17-13-19(28-5)8-9-20(17)24-21(18)27/h8-9,12-13,16H,6-7,10-11,14-15H2,1-5H3,(H,23,29)(H,24,27). The van der Waals surface area contributed by atoms with Gasteiger partial charge in [-0.3, -0.25) is 4.79 Å². The first kappa shape index (κ1) is 23.2. The molecule has 6 nitrogen and oxygen atoms in total. The summed E-state index contributed by atoms with van der Waals surface area (Å²) in [5.74, 6) is 1.26. The molecule has 0 spiro atoms. The van der Waals surface area contributed by atoms with Crippen LogP contribution in [0, 0.1) is 5.92 Å². The molecule has 0 aliphatic rings. The van der Waals surface area contributed by atoms with Crippen LogP contribution in [0.3, 0.4) is 0 Å². The smallest absolute Gasteiger partial charge is 0.253 e. The van der Waals surface area contributed by atoms with Gasteiger partial charge in [-0.1, -0.05) is 27.7 Å². The van der Waals surface area contributed by atoms with E-state index in [1.54, 1.807) is 7.11 Å². The monoisotopic (exact) mass is 418 g/mol. The highest BCUT2D eigenvalue weighted by Crippen LogP contribution is 2.19. The van der Waals surface area contributed by atoms with E-state index in [-0.39, 0.29) is 5.56 Å². The molecule has 0 saturated carbocycles. The maximum Gasteiger partial charge on any atom is 0.253 e. The van der Waals surface area contributed by atoms with Gasteiger partial charge in [0.15, 0.2) is 5.11 Å². The number of methoxy groups -OCH3 is 1. The second kappa shape index (κ2) is 11.2. The van der Waals surface area contributed by atoms with Crippen molar-refractivity contribution in [3.63, 3.8) is 0 Å². The van der Waals surface area contributed by atoms with Gasteiger partial charge in [-0.05, 0) is 55.5 Å². The molecule has 0 radical (unpaired) electrons. The molecular weight excluding hydrogens is 384 g/mol. The third kappa shape index (κ3) is 6.72. The summed E-state index contributed by atoms with van der Waals surface area (Å²) in [5.41, 5.74) is 1.41. The van der Waals surface area contributed by atoms with Gasteiger partial charge in [0.25, 0.3) is 5.56 Å². The van der Waals surface area contributed by atoms with Crippen molar-refractivity contribution >= 4 is 28.2 Å². The molecule has 1 aromatic heterocycles. The third-order valence-electron chi connectivity index (χ3n) is 5.02. The number of aromatic amines is 1. The number of H-pyrrole nitrogens is 1. The first-order chi connectivity index (χ1) is 13.9. The average molecular weight is 419 g/mol. The van der Waals surface area contributed by atoms with Crippen LogP contribution in [0.1, 0.15) is 33.3 Å². The van der Waals surface area contributed by atoms with Gasteiger partial charge in [-0.15, -0.1) is 0 Å². The number of hydrogen-bond acceptors (Lipinski definition) is 4. The molecule has 2 aromatic rings. The fourth-order valence-corrected chi connectivity index (χ4v) is 3.38. The Morgan fingerprint density at radius 3 is 2.55 bits per heavy atom. The lowest BCUT2D eigenvalue weighted by molar-refractivity contribution is 0.263. The van der Waals surface area contributed by atoms with Gasteiger partial charge >= 0.3 is 0 Å². The van der Waals surface area contributed by atoms with Gasteiger partial charge in [0.1, 0.15) is 5.75 Å². The highest BCUT2D eigenvalue weighted by Gasteiger charge is 2.15. The minimum Gasteiger partial charge on any atom is -0.497 e. The second-order valence-electron chi connectivity index (χ2n) is 7.61. The number of nitrogens with one attached hydrogen (secondary N) is 2. The number of thiocarbonyl (C=S) groups is 1. The summed E-state index contributed by atoms with van der Waals surface area (Å²) < 4.78 is 5.32. The number of pyridine rings is 1. The predicted molar refractivity (Wildman–Crippen MR) is 125 cm³/mol. The number of aromatic nitrogens is 1. The molecule has 0 aliphatic heterocycles. The Morgan fingerprint density at radius 2 is 1.93 bits per heavy atom. The summed E-state index contributed by atoms with van der Waals surface area (Å²) in [7, 11) is 1.64. The van der Waals surface area contributed by atoms with Gasteiger partial charge in [-0.25, -0.2) is 0 Å². The Kier molecular flexibility index (Phi) is 8.92. The molecule has 160 valence electrons. The fraction of sp³-hybridized carbons (Fsp3) is 0.545. The Labute approximate surface area is 179 Å². The second-order valence-corrected chi connectivity index (χ2v) is 7.99. The van der Waals surface area contributed by atoms with E-state index in [0.29, 0.717) is 23.1 Å². The van der Waals surface area contributed by atoms with E-state index in [2.05, 4.69) is 47.8 Å². The molecule has 2 N–H and O–H groups in total. The van der Waals surface area contributed by atoms with E-state index in [1.165, 1.54) is 0 Å². The summed E-state index contributed by atoms with van der Waals surface area (Å²) in [6.45, 7) is 13.5. The Bertz CT molecular complexity index is 862. The molecule has 29 heavy (non-hydrogen) atoms. The largest absolute Gasteiger partial charge is 0.497 e. The molecule has 1 aromatic carbocycles. The lowest BCUT2D eigenvalue weighted by Gasteiger charge is -2.29. The summed E-state index contributed by atoms with van der Waals surface area (Å²) in [5, 5.41) is 4.98. The van der Waals surface area contributed by atoms with Gasteiger partial charge in [0.2, 0.25) is 0 Å². The number of rotatable bonds is 10. The molecule has 1 heterocycles. The first-order valence-electron chi connectivity index (χ1n) is 10.3. The van der Waals surface area contributed by atoms with E-state index in [0.717, 1.165) is 49.4 Å². The summed E-state index contributed by atoms with van der Waals surface area (Å²) in [4.78, 5) is 20.1. The molecule has 0 fully saturated rings. The SMILES string of the molecule is CCN(CC)CCN(Cc1cc2cc(OC)ccc2[nH]c1=O)C(=S)NCC(C)C. The Morgan fingerprint density at radius 1 is 1.21 bits per heavy atom. The first-order valence-corrected chi connectivity index (χ1v) is 10.7. The minimum atomic E-state index is -0.0813. The lowest BCUT2D eigenvalue weighted by Crippen LogP contribution is -2.45. The van der Waals surface area contributed by atoms with Crippen molar-refractivity contribution < 1.29 is 4.74 Å². The Balaban J connectivity index is 2.26. The zero-order valence-corrected chi connectivity index (χ0v) is 19.1. The predicted octanol–water partition coefficient (Wildman–Crippen LogP) is 3.21. The van der Waals surface area contributed by atoms with Crippen LogP contribution in [0.15, 0.2) is 29.1 Å². The number of ether oxygens (including phenoxy) is 1. The zero-order chi connectivity index (χ0) is 21.4. The molecular formula is C22H34N4O2S. The van der Waals surface area contributed by atoms with Crippen molar-refractivity contribution in [2.75, 3.05) is 39.8 Å². The molecule has 0 unspecified atom stereocenters. The van der Waals surface area contributed by atoms with Crippen molar-refractivity contribution in [2.24, 2.45) is 5.92 Å². The lowest BCUT2D eigenvalue weighted by atomic mass is 10.1. The van der Waals surface area contributed by atoms with Crippen LogP contribution < -0.4 is 15.6 Å². The maximum absolute atomic E-state index is 12.7. The molecule has 2 rings (SSSR count). The molecule has 0 bridgehead atoms. The zero-order valence-electron chi connectivity index (χ0n) is 18.2. The normalized spacial score (nSPS) is 11.3. The molecule has 7 heteroatoms. The molecule has 0 aliphatic carbocycles. The fourth-order valence-electron chi connectivity index (χ4n) is 3.14. The van der Waals surface area contributed by atoms with E-state index in [1.807, 2.05) is 24.3 Å². The maximum atomic E-state index is 12.7. The summed E-state index contributed by atoms with van der Waals surface area (Å²) in [6, 6.07) is 7.59. The topological polar surface area (TPSA) is 60.6 Å². The van der Waals surface area contributed by atoms with E-state index in [4.69, 9.17) is 17.0 Å². The van der Waals surface area contributed by atoms with Gasteiger partial charge in [0.05, 0.1) is 13.7 Å². The molecule has 0 saturated heterocycles. The van der Waals surface area contributed by atoms with Gasteiger partial charge < -0.3 is 24.8 Å². The van der Waals surface area contributed by atoms with Crippen LogP contribution in [0.2, 0.25) is 0 Å². The van der Waals surface area contributed by atoms with Crippen LogP contribution in [0.25, 0.3) is 10.9 Å². The number of hydrogen-bond donors (Lipinski definition) is 2. The Hall–Kier alpha value is -2.12. The van der Waals surface area contributed by atoms with Crippen molar-refractivity contribution in [3.05, 3.63) is 40.2 Å². The van der Waals surface area contributed by atoms with Crippen molar-refractivity contribution in [1.29, 1.82) is 0 Å². The van der Waals surface area contributed by atoms with Crippen molar-refractivity contribution in [2.45, 2.75) is 34.2 Å². The van der Waals surface area contributed by atoms with Crippen LogP contribution in [-0.2, 0) is 6.54 Å². The number of fused-ring (bicyclic) bond motifs is 1. The highest BCUT2D eigenvalue weighted by atomic mass is 32.1. The van der Waals surface area contributed by atoms with E-state index in [9.17, 15) is 4.79 Å². The van der Waals surface area contributed by atoms with Crippen LogP contribution in [0.5, 0.6) is 5.75 Å². The van der Waals surface area contributed by atoms with Gasteiger partial charge in [0, 0.05) is 36.1 Å². The number of likely N-dealkylation sites (N-methyl/N-ethyl adjacent to an activating group) is 1. The minimum absolute atomic E-state index is 0.0813. The molecule has 0 atom stereocenters. The number of nitrogens with zero attached hydrogens (tertiary/aromatic N) is 2. The summed E-state index contributed by atoms with van der Waals surface area (Å²) in [6.07, 6.45) is 0. The highest BCUT2D eigenvalue weighted by molar-refractivity contribution is 7.80. The third-order valence-corrected chi connectivity index (χ3v) is 5.42. The van der Waals surface area contributed by atoms with Crippen LogP contribution in [0.4, 0.5) is 0 Å². The molecule has 0 amide bonds. The average Bonchev–Trinajstić information content (AvgIpc) is 2.71. The number of benzene rings is 1. The van der Waals surface area contributed by atoms with Gasteiger partial charge in [-0.2, -0.15) is 0 Å². The van der Waals surface area contributed by atoms with Crippen LogP contribution >= 0.6 is 12.2 Å². The quantitative estimate of drug-likeness (QED) is 0.578. The van der Waals surface area contributed by atoms with Crippen LogP contribution in [-0.4, -0.2) is 59.7 Å². The van der Waals surface area contributed by atoms with E-state index >= 15 is 0 Å². The van der Waals surface area contributed by atoms with Crippen molar-refractivity contribution in [3.8, 4) is 5.75 Å². The summed E-state index contributed by atoms with van der Waals surface area (Å²) >= 11 is 5.66.